The molecule has 0 aliphatic heterocycles. The third-order valence-corrected chi connectivity index (χ3v) is 3.77. The molecule has 0 saturated heterocycles. The molecule has 0 unspecified atom stereocenters. The Balaban J connectivity index is 1.61. The number of carbonyl (C=O) groups excluding carboxylic acids is 1. The van der Waals surface area contributed by atoms with Gasteiger partial charge in [-0.2, -0.15) is 0 Å². The van der Waals surface area contributed by atoms with Crippen LogP contribution < -0.4 is 10.9 Å². The highest BCUT2D eigenvalue weighted by Crippen LogP contribution is 2.09. The van der Waals surface area contributed by atoms with Gasteiger partial charge in [-0.05, 0) is 35.9 Å². The molecule has 4 nitrogen and oxygen atoms in total. The summed E-state index contributed by atoms with van der Waals surface area (Å²) in [5, 5.41) is 4.21. The van der Waals surface area contributed by atoms with Gasteiger partial charge in [0.15, 0.2) is 0 Å². The van der Waals surface area contributed by atoms with E-state index >= 15 is 0 Å². The van der Waals surface area contributed by atoms with E-state index in [1.165, 1.54) is 5.56 Å². The van der Waals surface area contributed by atoms with Crippen molar-refractivity contribution in [2.24, 2.45) is 0 Å². The summed E-state index contributed by atoms with van der Waals surface area (Å²) in [6, 6.07) is 19.1. The van der Waals surface area contributed by atoms with Gasteiger partial charge < -0.3 is 10.3 Å². The number of aromatic amines is 1. The first kappa shape index (κ1) is 15.0. The van der Waals surface area contributed by atoms with Crippen molar-refractivity contribution in [1.29, 1.82) is 0 Å². The van der Waals surface area contributed by atoms with Crippen LogP contribution in [-0.2, 0) is 6.42 Å². The lowest BCUT2D eigenvalue weighted by molar-refractivity contribution is 0.0948. The topological polar surface area (TPSA) is 62.0 Å². The number of rotatable bonds is 5. The normalized spacial score (nSPS) is 10.6. The molecule has 1 aromatic heterocycles. The van der Waals surface area contributed by atoms with E-state index in [-0.39, 0.29) is 11.5 Å². The number of hydrogen-bond acceptors (Lipinski definition) is 2. The zero-order valence-corrected chi connectivity index (χ0v) is 12.7. The zero-order valence-electron chi connectivity index (χ0n) is 12.7. The molecule has 1 heterocycles. The number of nitrogens with one attached hydrogen (secondary N) is 2. The molecular weight excluding hydrogens is 288 g/mol. The number of H-pyrrole nitrogens is 1. The Kier molecular flexibility index (Phi) is 4.52. The number of fused-ring (bicyclic) bond motifs is 1. The van der Waals surface area contributed by atoms with Gasteiger partial charge in [0.2, 0.25) is 0 Å². The number of aromatic nitrogens is 1. The van der Waals surface area contributed by atoms with Crippen molar-refractivity contribution in [2.75, 3.05) is 6.54 Å². The largest absolute Gasteiger partial charge is 0.351 e. The third-order valence-electron chi connectivity index (χ3n) is 3.77. The summed E-state index contributed by atoms with van der Waals surface area (Å²) >= 11 is 0. The van der Waals surface area contributed by atoms with Gasteiger partial charge in [-0.25, -0.2) is 0 Å². The number of pyridine rings is 1. The standard InChI is InChI=1S/C19H18N2O2/c22-18-16-11-5-4-10-15(16)13-17(21-18)19(23)20-12-6-9-14-7-2-1-3-8-14/h1-5,7-8,10-11,13H,6,9,12H2,(H,20,23)(H,21,22). The molecule has 0 bridgehead atoms. The average molecular weight is 306 g/mol. The summed E-state index contributed by atoms with van der Waals surface area (Å²) in [6.07, 6.45) is 1.77. The Morgan fingerprint density at radius 2 is 1.74 bits per heavy atom. The van der Waals surface area contributed by atoms with Crippen molar-refractivity contribution in [3.8, 4) is 0 Å². The summed E-state index contributed by atoms with van der Waals surface area (Å²) in [6.45, 7) is 0.572. The van der Waals surface area contributed by atoms with Gasteiger partial charge in [0.25, 0.3) is 11.5 Å². The van der Waals surface area contributed by atoms with Crippen LogP contribution in [0.1, 0.15) is 22.5 Å². The molecule has 1 amide bonds. The van der Waals surface area contributed by atoms with Crippen LogP contribution in [0.25, 0.3) is 10.8 Å². The first-order chi connectivity index (χ1) is 11.2. The van der Waals surface area contributed by atoms with Crippen molar-refractivity contribution in [3.05, 3.63) is 82.3 Å². The van der Waals surface area contributed by atoms with Gasteiger partial charge in [0.05, 0.1) is 0 Å². The fourth-order valence-corrected chi connectivity index (χ4v) is 2.57. The average Bonchev–Trinajstić information content (AvgIpc) is 2.59. The van der Waals surface area contributed by atoms with Crippen molar-refractivity contribution in [1.82, 2.24) is 10.3 Å². The van der Waals surface area contributed by atoms with Gasteiger partial charge >= 0.3 is 0 Å². The van der Waals surface area contributed by atoms with E-state index in [0.29, 0.717) is 17.6 Å². The van der Waals surface area contributed by atoms with Gasteiger partial charge in [0.1, 0.15) is 5.69 Å². The van der Waals surface area contributed by atoms with Crippen LogP contribution in [0.3, 0.4) is 0 Å². The van der Waals surface area contributed by atoms with Gasteiger partial charge in [-0.3, -0.25) is 9.59 Å². The second-order valence-electron chi connectivity index (χ2n) is 5.44. The maximum absolute atomic E-state index is 12.2. The van der Waals surface area contributed by atoms with E-state index in [1.807, 2.05) is 30.3 Å². The van der Waals surface area contributed by atoms with Crippen LogP contribution in [0, 0.1) is 0 Å². The molecule has 3 rings (SSSR count). The van der Waals surface area contributed by atoms with Crippen molar-refractivity contribution >= 4 is 16.7 Å². The Hall–Kier alpha value is -2.88. The van der Waals surface area contributed by atoms with Gasteiger partial charge in [0, 0.05) is 11.9 Å². The molecule has 2 N–H and O–H groups in total. The van der Waals surface area contributed by atoms with Crippen LogP contribution in [-0.4, -0.2) is 17.4 Å². The van der Waals surface area contributed by atoms with Crippen LogP contribution in [0.4, 0.5) is 0 Å². The first-order valence-electron chi connectivity index (χ1n) is 7.68. The van der Waals surface area contributed by atoms with E-state index in [9.17, 15) is 9.59 Å². The van der Waals surface area contributed by atoms with E-state index in [1.54, 1.807) is 18.2 Å². The van der Waals surface area contributed by atoms with Crippen molar-refractivity contribution in [2.45, 2.75) is 12.8 Å². The van der Waals surface area contributed by atoms with Crippen LogP contribution in [0.2, 0.25) is 0 Å². The van der Waals surface area contributed by atoms with Crippen molar-refractivity contribution < 1.29 is 4.79 Å². The Labute approximate surface area is 134 Å². The van der Waals surface area contributed by atoms with Gasteiger partial charge in [-0.1, -0.05) is 48.5 Å². The Morgan fingerprint density at radius 3 is 2.57 bits per heavy atom. The Morgan fingerprint density at radius 1 is 1.00 bits per heavy atom. The molecule has 0 aliphatic rings. The van der Waals surface area contributed by atoms with Crippen molar-refractivity contribution in [3.63, 3.8) is 0 Å². The van der Waals surface area contributed by atoms with Gasteiger partial charge in [-0.15, -0.1) is 0 Å². The molecule has 0 aliphatic carbocycles. The maximum atomic E-state index is 12.2. The third kappa shape index (κ3) is 3.66. The maximum Gasteiger partial charge on any atom is 0.267 e. The number of benzene rings is 2. The van der Waals surface area contributed by atoms with Crippen LogP contribution in [0.5, 0.6) is 0 Å². The Bertz CT molecular complexity index is 869. The molecular formula is C19H18N2O2. The lowest BCUT2D eigenvalue weighted by Gasteiger charge is -2.06. The molecule has 0 fully saturated rings. The molecule has 0 spiro atoms. The minimum absolute atomic E-state index is 0.238. The molecule has 3 aromatic rings. The van der Waals surface area contributed by atoms with Crippen LogP contribution >= 0.6 is 0 Å². The zero-order chi connectivity index (χ0) is 16.1. The minimum atomic E-state index is -0.249. The summed E-state index contributed by atoms with van der Waals surface area (Å²) in [7, 11) is 0. The highest BCUT2D eigenvalue weighted by Gasteiger charge is 2.08. The number of hydrogen-bond donors (Lipinski definition) is 2. The van der Waals surface area contributed by atoms with E-state index in [0.717, 1.165) is 18.2 Å². The predicted octanol–water partition coefficient (Wildman–Crippen LogP) is 2.89. The summed E-state index contributed by atoms with van der Waals surface area (Å²) < 4.78 is 0. The summed E-state index contributed by atoms with van der Waals surface area (Å²) in [5.41, 5.74) is 1.31. The van der Waals surface area contributed by atoms with E-state index in [2.05, 4.69) is 22.4 Å². The molecule has 0 saturated carbocycles. The second-order valence-corrected chi connectivity index (χ2v) is 5.44. The number of carbonyl (C=O) groups is 1. The highest BCUT2D eigenvalue weighted by molar-refractivity contribution is 5.96. The fraction of sp³-hybridized carbons (Fsp3) is 0.158. The quantitative estimate of drug-likeness (QED) is 0.712. The monoisotopic (exact) mass is 306 g/mol. The molecule has 0 radical (unpaired) electrons. The molecule has 23 heavy (non-hydrogen) atoms. The van der Waals surface area contributed by atoms with E-state index in [4.69, 9.17) is 0 Å². The summed E-state index contributed by atoms with van der Waals surface area (Å²) in [4.78, 5) is 26.8. The predicted molar refractivity (Wildman–Crippen MR) is 91.7 cm³/mol. The SMILES string of the molecule is O=C(NCCCc1ccccc1)c1cc2ccccc2c(=O)[nH]1. The number of amides is 1. The summed E-state index contributed by atoms with van der Waals surface area (Å²) in [5.74, 6) is -0.249. The minimum Gasteiger partial charge on any atom is -0.351 e. The number of aryl methyl sites for hydroxylation is 1. The lowest BCUT2D eigenvalue weighted by Crippen LogP contribution is -2.27. The fourth-order valence-electron chi connectivity index (χ4n) is 2.57. The lowest BCUT2D eigenvalue weighted by atomic mass is 10.1. The van der Waals surface area contributed by atoms with Crippen LogP contribution in [0.15, 0.2) is 65.5 Å². The smallest absolute Gasteiger partial charge is 0.267 e. The highest BCUT2D eigenvalue weighted by atomic mass is 16.2. The molecule has 4 heteroatoms. The second kappa shape index (κ2) is 6.92. The first-order valence-corrected chi connectivity index (χ1v) is 7.68. The molecule has 0 atom stereocenters. The molecule has 116 valence electrons. The van der Waals surface area contributed by atoms with E-state index < -0.39 is 0 Å². The molecule has 2 aromatic carbocycles.